The van der Waals surface area contributed by atoms with Crippen LogP contribution in [0.2, 0.25) is 0 Å². The molecule has 15 heavy (non-hydrogen) atoms. The van der Waals surface area contributed by atoms with Crippen LogP contribution in [0, 0.1) is 0 Å². The van der Waals surface area contributed by atoms with E-state index >= 15 is 0 Å². The molecule has 0 bridgehead atoms. The molecule has 0 spiro atoms. The van der Waals surface area contributed by atoms with Crippen LogP contribution in [0.1, 0.15) is 18.2 Å². The molecule has 1 heterocycles. The lowest BCUT2D eigenvalue weighted by molar-refractivity contribution is -0.140. The van der Waals surface area contributed by atoms with Crippen LogP contribution in [0.25, 0.3) is 0 Å². The summed E-state index contributed by atoms with van der Waals surface area (Å²) in [7, 11) is 1.43. The number of esters is 1. The van der Waals surface area contributed by atoms with Crippen LogP contribution in [0.3, 0.4) is 0 Å². The SMILES string of the molecule is COC(=O)CC(C)SCc1cc(Br)cs1. The second-order valence-electron chi connectivity index (χ2n) is 3.13. The Balaban J connectivity index is 2.28. The van der Waals surface area contributed by atoms with Crippen molar-refractivity contribution in [2.24, 2.45) is 0 Å². The van der Waals surface area contributed by atoms with Gasteiger partial charge in [0.15, 0.2) is 0 Å². The molecule has 1 aromatic heterocycles. The molecular weight excluding hydrogens is 296 g/mol. The highest BCUT2D eigenvalue weighted by Gasteiger charge is 2.10. The van der Waals surface area contributed by atoms with Gasteiger partial charge in [0, 0.05) is 25.7 Å². The minimum Gasteiger partial charge on any atom is -0.469 e. The number of ether oxygens (including phenoxy) is 1. The fourth-order valence-corrected chi connectivity index (χ4v) is 3.53. The first-order chi connectivity index (χ1) is 7.11. The third kappa shape index (κ3) is 5.04. The summed E-state index contributed by atoms with van der Waals surface area (Å²) in [6.07, 6.45) is 0.480. The van der Waals surface area contributed by atoms with Gasteiger partial charge in [-0.05, 0) is 22.0 Å². The Hall–Kier alpha value is -0.0000000000000000833. The number of rotatable bonds is 5. The van der Waals surface area contributed by atoms with Crippen LogP contribution in [-0.2, 0) is 15.3 Å². The highest BCUT2D eigenvalue weighted by atomic mass is 79.9. The number of halogens is 1. The normalized spacial score (nSPS) is 12.5. The van der Waals surface area contributed by atoms with E-state index < -0.39 is 0 Å². The predicted molar refractivity (Wildman–Crippen MR) is 69.4 cm³/mol. The largest absolute Gasteiger partial charge is 0.469 e. The Morgan fingerprint density at radius 2 is 2.47 bits per heavy atom. The Bertz CT molecular complexity index is 325. The van der Waals surface area contributed by atoms with Crippen LogP contribution in [0.5, 0.6) is 0 Å². The fraction of sp³-hybridized carbons (Fsp3) is 0.500. The molecule has 1 atom stereocenters. The van der Waals surface area contributed by atoms with Crippen molar-refractivity contribution in [2.75, 3.05) is 7.11 Å². The maximum absolute atomic E-state index is 11.0. The molecule has 0 aromatic carbocycles. The molecule has 0 aliphatic heterocycles. The van der Waals surface area contributed by atoms with Crippen molar-refractivity contribution in [2.45, 2.75) is 24.3 Å². The monoisotopic (exact) mass is 308 g/mol. The van der Waals surface area contributed by atoms with Crippen LogP contribution in [-0.4, -0.2) is 18.3 Å². The number of thioether (sulfide) groups is 1. The van der Waals surface area contributed by atoms with Crippen LogP contribution >= 0.6 is 39.0 Å². The zero-order valence-electron chi connectivity index (χ0n) is 8.66. The molecule has 1 aromatic rings. The average molecular weight is 309 g/mol. The zero-order chi connectivity index (χ0) is 11.3. The molecule has 0 aliphatic carbocycles. The van der Waals surface area contributed by atoms with Gasteiger partial charge < -0.3 is 4.74 Å². The van der Waals surface area contributed by atoms with Gasteiger partial charge in [0.2, 0.25) is 0 Å². The van der Waals surface area contributed by atoms with Crippen molar-refractivity contribution in [1.29, 1.82) is 0 Å². The lowest BCUT2D eigenvalue weighted by Gasteiger charge is -2.08. The number of thiophene rings is 1. The quantitative estimate of drug-likeness (QED) is 0.776. The third-order valence-corrected chi connectivity index (χ3v) is 4.91. The van der Waals surface area contributed by atoms with Crippen LogP contribution in [0.15, 0.2) is 15.9 Å². The molecule has 0 radical (unpaired) electrons. The molecule has 0 amide bonds. The summed E-state index contributed by atoms with van der Waals surface area (Å²) >= 11 is 6.93. The Kier molecular flexibility index (Phi) is 5.71. The number of methoxy groups -OCH3 is 1. The minimum atomic E-state index is -0.137. The van der Waals surface area contributed by atoms with Crippen molar-refractivity contribution < 1.29 is 9.53 Å². The van der Waals surface area contributed by atoms with E-state index in [-0.39, 0.29) is 5.97 Å². The molecule has 1 rings (SSSR count). The molecule has 0 aliphatic rings. The molecule has 0 N–H and O–H groups in total. The van der Waals surface area contributed by atoms with Gasteiger partial charge >= 0.3 is 5.97 Å². The first-order valence-electron chi connectivity index (χ1n) is 4.53. The van der Waals surface area contributed by atoms with Crippen molar-refractivity contribution in [3.8, 4) is 0 Å². The topological polar surface area (TPSA) is 26.3 Å². The molecule has 84 valence electrons. The van der Waals surface area contributed by atoms with E-state index in [1.807, 2.05) is 6.92 Å². The van der Waals surface area contributed by atoms with E-state index in [9.17, 15) is 4.79 Å². The molecule has 1 unspecified atom stereocenters. The second kappa shape index (κ2) is 6.55. The number of hydrogen-bond acceptors (Lipinski definition) is 4. The Morgan fingerprint density at radius 3 is 3.00 bits per heavy atom. The van der Waals surface area contributed by atoms with Gasteiger partial charge in [0.05, 0.1) is 13.5 Å². The van der Waals surface area contributed by atoms with Crippen LogP contribution in [0.4, 0.5) is 0 Å². The Labute approximate surface area is 107 Å². The zero-order valence-corrected chi connectivity index (χ0v) is 11.9. The van der Waals surface area contributed by atoms with Crippen molar-refractivity contribution in [3.05, 3.63) is 20.8 Å². The third-order valence-electron chi connectivity index (χ3n) is 1.81. The van der Waals surface area contributed by atoms with Gasteiger partial charge in [-0.3, -0.25) is 4.79 Å². The fourth-order valence-electron chi connectivity index (χ4n) is 1.03. The van der Waals surface area contributed by atoms with Gasteiger partial charge in [-0.2, -0.15) is 11.8 Å². The molecule has 5 heteroatoms. The maximum Gasteiger partial charge on any atom is 0.306 e. The number of hydrogen-bond donors (Lipinski definition) is 0. The van der Waals surface area contributed by atoms with Crippen molar-refractivity contribution in [1.82, 2.24) is 0 Å². The van der Waals surface area contributed by atoms with Gasteiger partial charge in [-0.25, -0.2) is 0 Å². The summed E-state index contributed by atoms with van der Waals surface area (Å²) < 4.78 is 5.75. The van der Waals surface area contributed by atoms with Crippen molar-refractivity contribution in [3.63, 3.8) is 0 Å². The predicted octanol–water partition coefficient (Wildman–Crippen LogP) is 3.70. The minimum absolute atomic E-state index is 0.137. The first kappa shape index (κ1) is 13.1. The Morgan fingerprint density at radius 1 is 1.73 bits per heavy atom. The highest BCUT2D eigenvalue weighted by Crippen LogP contribution is 2.26. The first-order valence-corrected chi connectivity index (χ1v) is 7.25. The smallest absolute Gasteiger partial charge is 0.306 e. The van der Waals surface area contributed by atoms with Crippen molar-refractivity contribution >= 4 is 45.0 Å². The molecular formula is C10H13BrO2S2. The van der Waals surface area contributed by atoms with Gasteiger partial charge in [-0.15, -0.1) is 11.3 Å². The lowest BCUT2D eigenvalue weighted by atomic mass is 10.3. The number of carbonyl (C=O) groups is 1. The lowest BCUT2D eigenvalue weighted by Crippen LogP contribution is -2.08. The van der Waals surface area contributed by atoms with Gasteiger partial charge in [-0.1, -0.05) is 6.92 Å². The van der Waals surface area contributed by atoms with E-state index in [2.05, 4.69) is 32.1 Å². The summed E-state index contributed by atoms with van der Waals surface area (Å²) in [5.74, 6) is 0.816. The standard InChI is InChI=1S/C10H13BrO2S2/c1-7(3-10(12)13-2)14-6-9-4-8(11)5-15-9/h4-5,7H,3,6H2,1-2H3. The molecule has 0 fully saturated rings. The number of carbonyl (C=O) groups excluding carboxylic acids is 1. The average Bonchev–Trinajstić information content (AvgIpc) is 2.61. The van der Waals surface area contributed by atoms with E-state index in [0.717, 1.165) is 10.2 Å². The summed E-state index contributed by atoms with van der Waals surface area (Å²) in [5, 5.41) is 2.37. The van der Waals surface area contributed by atoms with Crippen LogP contribution < -0.4 is 0 Å². The maximum atomic E-state index is 11.0. The van der Waals surface area contributed by atoms with E-state index in [1.165, 1.54) is 12.0 Å². The van der Waals surface area contributed by atoms with Gasteiger partial charge in [0.25, 0.3) is 0 Å². The molecule has 0 saturated carbocycles. The summed E-state index contributed by atoms with van der Waals surface area (Å²) in [6, 6.07) is 2.11. The molecule has 0 saturated heterocycles. The van der Waals surface area contributed by atoms with E-state index in [0.29, 0.717) is 11.7 Å². The highest BCUT2D eigenvalue weighted by molar-refractivity contribution is 9.10. The summed E-state index contributed by atoms with van der Waals surface area (Å²) in [6.45, 7) is 2.05. The van der Waals surface area contributed by atoms with E-state index in [1.54, 1.807) is 23.1 Å². The molecule has 2 nitrogen and oxygen atoms in total. The summed E-state index contributed by atoms with van der Waals surface area (Å²) in [4.78, 5) is 12.3. The van der Waals surface area contributed by atoms with Gasteiger partial charge in [0.1, 0.15) is 0 Å². The second-order valence-corrected chi connectivity index (χ2v) is 6.47. The van der Waals surface area contributed by atoms with E-state index in [4.69, 9.17) is 0 Å². The summed E-state index contributed by atoms with van der Waals surface area (Å²) in [5.41, 5.74) is 0.